The van der Waals surface area contributed by atoms with Crippen molar-refractivity contribution in [1.29, 1.82) is 5.41 Å². The number of aromatic nitrogens is 3. The lowest BCUT2D eigenvalue weighted by atomic mass is 10.1. The minimum atomic E-state index is -0.405. The summed E-state index contributed by atoms with van der Waals surface area (Å²) in [5, 5.41) is 11.9. The van der Waals surface area contributed by atoms with Gasteiger partial charge >= 0.3 is 0 Å². The Kier molecular flexibility index (Phi) is 6.65. The molecule has 0 radical (unpaired) electrons. The van der Waals surface area contributed by atoms with E-state index in [0.29, 0.717) is 49.4 Å². The molecule has 0 saturated heterocycles. The van der Waals surface area contributed by atoms with Gasteiger partial charge < -0.3 is 14.6 Å². The molecule has 1 amide bonds. The van der Waals surface area contributed by atoms with Crippen LogP contribution in [0.3, 0.4) is 0 Å². The van der Waals surface area contributed by atoms with Crippen LogP contribution in [-0.2, 0) is 17.8 Å². The molecular formula is C25H27N5O3. The highest BCUT2D eigenvalue weighted by molar-refractivity contribution is 5.96. The van der Waals surface area contributed by atoms with Crippen LogP contribution < -0.4 is 16.4 Å². The summed E-state index contributed by atoms with van der Waals surface area (Å²) in [5.74, 6) is -0.405. The van der Waals surface area contributed by atoms with Crippen LogP contribution in [-0.4, -0.2) is 33.1 Å². The molecule has 0 aliphatic rings. The fourth-order valence-electron chi connectivity index (χ4n) is 3.78. The van der Waals surface area contributed by atoms with E-state index in [1.165, 1.54) is 10.5 Å². The van der Waals surface area contributed by atoms with Gasteiger partial charge in [0.2, 0.25) is 0 Å². The van der Waals surface area contributed by atoms with Gasteiger partial charge in [0, 0.05) is 32.5 Å². The minimum absolute atomic E-state index is 0.0212. The summed E-state index contributed by atoms with van der Waals surface area (Å²) >= 11 is 0. The van der Waals surface area contributed by atoms with Gasteiger partial charge in [-0.25, -0.2) is 4.98 Å². The number of pyridine rings is 2. The van der Waals surface area contributed by atoms with Gasteiger partial charge in [-0.3, -0.25) is 19.4 Å². The van der Waals surface area contributed by atoms with Crippen molar-refractivity contribution in [2.45, 2.75) is 33.4 Å². The number of hydrogen-bond donors (Lipinski definition) is 2. The Bertz CT molecular complexity index is 1420. The molecule has 33 heavy (non-hydrogen) atoms. The number of nitrogens with one attached hydrogen (secondary N) is 2. The lowest BCUT2D eigenvalue weighted by Gasteiger charge is -2.15. The average molecular weight is 446 g/mol. The zero-order valence-electron chi connectivity index (χ0n) is 18.8. The number of carbonyl (C=O) groups excluding carboxylic acids is 1. The Hall–Kier alpha value is -3.78. The average Bonchev–Trinajstić information content (AvgIpc) is 2.82. The van der Waals surface area contributed by atoms with E-state index >= 15 is 0 Å². The first-order valence-corrected chi connectivity index (χ1v) is 11.0. The smallest absolute Gasteiger partial charge is 0.267 e. The summed E-state index contributed by atoms with van der Waals surface area (Å²) in [7, 11) is 0. The quantitative estimate of drug-likeness (QED) is 0.322. The molecular weight excluding hydrogens is 418 g/mol. The second-order valence-electron chi connectivity index (χ2n) is 7.87. The standard InChI is InChI=1S/C25H27N5O3/c1-3-33-13-7-12-29-22(26)19(24(31)27-15-18-8-5-4-6-9-18)14-20-23(29)28-21-11-10-17(2)16-30(21)25(20)32/h4-6,8-11,14,16,26H,3,7,12-13,15H2,1-2H3,(H,27,31). The van der Waals surface area contributed by atoms with E-state index in [1.54, 1.807) is 16.8 Å². The first kappa shape index (κ1) is 22.4. The van der Waals surface area contributed by atoms with Gasteiger partial charge in [-0.15, -0.1) is 0 Å². The number of aryl methyl sites for hydroxylation is 2. The Morgan fingerprint density at radius 3 is 2.73 bits per heavy atom. The van der Waals surface area contributed by atoms with E-state index in [2.05, 4.69) is 10.3 Å². The predicted octanol–water partition coefficient (Wildman–Crippen LogP) is 2.79. The molecule has 3 aromatic heterocycles. The van der Waals surface area contributed by atoms with Crippen LogP contribution in [0.2, 0.25) is 0 Å². The maximum absolute atomic E-state index is 13.3. The molecule has 0 bridgehead atoms. The zero-order valence-corrected chi connectivity index (χ0v) is 18.8. The van der Waals surface area contributed by atoms with Crippen molar-refractivity contribution in [3.63, 3.8) is 0 Å². The molecule has 0 aliphatic heterocycles. The second kappa shape index (κ2) is 9.79. The molecule has 0 aliphatic carbocycles. The Balaban J connectivity index is 1.82. The van der Waals surface area contributed by atoms with Crippen molar-refractivity contribution < 1.29 is 9.53 Å². The number of benzene rings is 1. The molecule has 8 heteroatoms. The third-order valence-electron chi connectivity index (χ3n) is 5.47. The molecule has 4 rings (SSSR count). The number of ether oxygens (including phenoxy) is 1. The number of amides is 1. The molecule has 2 N–H and O–H groups in total. The first-order chi connectivity index (χ1) is 16.0. The number of hydrogen-bond acceptors (Lipinski definition) is 5. The highest BCUT2D eigenvalue weighted by atomic mass is 16.5. The van der Waals surface area contributed by atoms with Crippen LogP contribution in [0.15, 0.2) is 59.5 Å². The third kappa shape index (κ3) is 4.70. The first-order valence-electron chi connectivity index (χ1n) is 11.0. The molecule has 170 valence electrons. The topological polar surface area (TPSA) is 101 Å². The van der Waals surface area contributed by atoms with Crippen LogP contribution in [0.5, 0.6) is 0 Å². The normalized spacial score (nSPS) is 11.2. The number of fused-ring (bicyclic) bond motifs is 2. The summed E-state index contributed by atoms with van der Waals surface area (Å²) in [6, 6.07) is 14.7. The van der Waals surface area contributed by atoms with Crippen LogP contribution in [0, 0.1) is 12.3 Å². The maximum atomic E-state index is 13.3. The zero-order chi connectivity index (χ0) is 23.4. The van der Waals surface area contributed by atoms with Crippen LogP contribution in [0.4, 0.5) is 0 Å². The Morgan fingerprint density at radius 1 is 1.18 bits per heavy atom. The molecule has 0 atom stereocenters. The molecule has 0 saturated carbocycles. The van der Waals surface area contributed by atoms with Crippen molar-refractivity contribution in [3.8, 4) is 0 Å². The fourth-order valence-corrected chi connectivity index (χ4v) is 3.78. The van der Waals surface area contributed by atoms with Gasteiger partial charge in [0.15, 0.2) is 0 Å². The van der Waals surface area contributed by atoms with Crippen molar-refractivity contribution in [1.82, 2.24) is 19.3 Å². The Labute approximate surface area is 191 Å². The summed E-state index contributed by atoms with van der Waals surface area (Å²) in [5.41, 5.74) is 2.66. The van der Waals surface area contributed by atoms with Gasteiger partial charge in [0.1, 0.15) is 16.8 Å². The van der Waals surface area contributed by atoms with Crippen molar-refractivity contribution in [2.24, 2.45) is 0 Å². The maximum Gasteiger partial charge on any atom is 0.267 e. The van der Waals surface area contributed by atoms with Crippen LogP contribution in [0.1, 0.15) is 34.8 Å². The van der Waals surface area contributed by atoms with Gasteiger partial charge in [-0.1, -0.05) is 36.4 Å². The molecule has 3 heterocycles. The second-order valence-corrected chi connectivity index (χ2v) is 7.87. The fraction of sp³-hybridized carbons (Fsp3) is 0.280. The number of nitrogens with zero attached hydrogens (tertiary/aromatic N) is 3. The molecule has 1 aromatic carbocycles. The summed E-state index contributed by atoms with van der Waals surface area (Å²) in [6.07, 6.45) is 2.36. The lowest BCUT2D eigenvalue weighted by Crippen LogP contribution is -2.35. The van der Waals surface area contributed by atoms with E-state index in [0.717, 1.165) is 11.1 Å². The van der Waals surface area contributed by atoms with Crippen molar-refractivity contribution in [3.05, 3.63) is 87.3 Å². The lowest BCUT2D eigenvalue weighted by molar-refractivity contribution is 0.0948. The molecule has 8 nitrogen and oxygen atoms in total. The van der Waals surface area contributed by atoms with E-state index < -0.39 is 5.91 Å². The molecule has 0 fully saturated rings. The van der Waals surface area contributed by atoms with Gasteiger partial charge in [-0.2, -0.15) is 0 Å². The van der Waals surface area contributed by atoms with Crippen LogP contribution in [0.25, 0.3) is 16.7 Å². The highest BCUT2D eigenvalue weighted by Crippen LogP contribution is 2.12. The largest absolute Gasteiger partial charge is 0.382 e. The number of rotatable bonds is 8. The molecule has 0 spiro atoms. The molecule has 0 unspecified atom stereocenters. The van der Waals surface area contributed by atoms with E-state index in [4.69, 9.17) is 10.1 Å². The number of carbonyl (C=O) groups is 1. The van der Waals surface area contributed by atoms with Gasteiger partial charge in [-0.05, 0) is 43.5 Å². The predicted molar refractivity (Wildman–Crippen MR) is 126 cm³/mol. The summed E-state index contributed by atoms with van der Waals surface area (Å²) < 4.78 is 8.56. The molecule has 4 aromatic rings. The highest BCUT2D eigenvalue weighted by Gasteiger charge is 2.17. The third-order valence-corrected chi connectivity index (χ3v) is 5.47. The van der Waals surface area contributed by atoms with Crippen molar-refractivity contribution >= 4 is 22.6 Å². The summed E-state index contributed by atoms with van der Waals surface area (Å²) in [6.45, 7) is 5.68. The summed E-state index contributed by atoms with van der Waals surface area (Å²) in [4.78, 5) is 31.0. The van der Waals surface area contributed by atoms with E-state index in [-0.39, 0.29) is 16.6 Å². The minimum Gasteiger partial charge on any atom is -0.382 e. The SMILES string of the molecule is CCOCCCn1c(=N)c(C(=O)NCc2ccccc2)cc2c(=O)n3cc(C)ccc3nc21. The van der Waals surface area contributed by atoms with Gasteiger partial charge in [0.25, 0.3) is 11.5 Å². The van der Waals surface area contributed by atoms with E-state index in [9.17, 15) is 9.59 Å². The van der Waals surface area contributed by atoms with E-state index in [1.807, 2.05) is 50.2 Å². The van der Waals surface area contributed by atoms with Crippen molar-refractivity contribution in [2.75, 3.05) is 13.2 Å². The monoisotopic (exact) mass is 445 g/mol. The Morgan fingerprint density at radius 2 is 1.97 bits per heavy atom. The van der Waals surface area contributed by atoms with Crippen LogP contribution >= 0.6 is 0 Å². The van der Waals surface area contributed by atoms with Gasteiger partial charge in [0.05, 0.1) is 10.9 Å².